The van der Waals surface area contributed by atoms with Gasteiger partial charge in [-0.05, 0) is 5.92 Å². The molecule has 0 fully saturated rings. The zero-order chi connectivity index (χ0) is 11.8. The second kappa shape index (κ2) is 6.86. The molecule has 0 aliphatic rings. The van der Waals surface area contributed by atoms with Crippen molar-refractivity contribution >= 4 is 11.9 Å². The van der Waals surface area contributed by atoms with Crippen LogP contribution in [0.1, 0.15) is 26.7 Å². The van der Waals surface area contributed by atoms with Crippen molar-refractivity contribution in [3.05, 3.63) is 11.8 Å². The molecule has 0 saturated carbocycles. The summed E-state index contributed by atoms with van der Waals surface area (Å²) in [5.41, 5.74) is -0.749. The van der Waals surface area contributed by atoms with Gasteiger partial charge in [0.05, 0.1) is 6.61 Å². The van der Waals surface area contributed by atoms with Gasteiger partial charge in [-0.2, -0.15) is 0 Å². The molecule has 0 bridgehead atoms. The van der Waals surface area contributed by atoms with E-state index in [1.807, 2.05) is 13.8 Å². The van der Waals surface area contributed by atoms with Crippen LogP contribution in [0.15, 0.2) is 11.8 Å². The molecule has 0 aliphatic heterocycles. The van der Waals surface area contributed by atoms with Gasteiger partial charge in [-0.15, -0.1) is 0 Å². The molecule has 15 heavy (non-hydrogen) atoms. The minimum absolute atomic E-state index is 0.324. The summed E-state index contributed by atoms with van der Waals surface area (Å²) in [7, 11) is 0. The molecular weight excluding hydrogens is 200 g/mol. The van der Waals surface area contributed by atoms with Crippen molar-refractivity contribution in [1.82, 2.24) is 0 Å². The Morgan fingerprint density at radius 2 is 1.67 bits per heavy atom. The molecule has 5 heteroatoms. The van der Waals surface area contributed by atoms with Crippen LogP contribution in [0.25, 0.3) is 0 Å². The highest BCUT2D eigenvalue weighted by Gasteiger charge is 2.16. The third-order valence-corrected chi connectivity index (χ3v) is 2.15. The molecule has 0 amide bonds. The highest BCUT2D eigenvalue weighted by molar-refractivity contribution is 6.12. The summed E-state index contributed by atoms with van der Waals surface area (Å²) < 4.78 is 4.94. The van der Waals surface area contributed by atoms with Gasteiger partial charge in [0.2, 0.25) is 0 Å². The molecule has 0 saturated heterocycles. The van der Waals surface area contributed by atoms with Gasteiger partial charge < -0.3 is 14.9 Å². The lowest BCUT2D eigenvalue weighted by Gasteiger charge is -2.10. The number of carbonyl (C=O) groups is 2. The Labute approximate surface area is 88.4 Å². The van der Waals surface area contributed by atoms with Crippen LogP contribution in [0.3, 0.4) is 0 Å². The number of hydrogen-bond acceptors (Lipinski definition) is 3. The van der Waals surface area contributed by atoms with E-state index in [-0.39, 0.29) is 0 Å². The van der Waals surface area contributed by atoms with Gasteiger partial charge in [0.25, 0.3) is 0 Å². The second-order valence-corrected chi connectivity index (χ2v) is 3.16. The van der Waals surface area contributed by atoms with Crippen LogP contribution in [-0.2, 0) is 14.3 Å². The van der Waals surface area contributed by atoms with Crippen LogP contribution in [0.4, 0.5) is 0 Å². The number of hydrogen-bond donors (Lipinski definition) is 2. The minimum Gasteiger partial charge on any atom is -0.500 e. The average molecular weight is 216 g/mol. The lowest BCUT2D eigenvalue weighted by molar-refractivity contribution is -0.140. The molecule has 0 aliphatic carbocycles. The first-order chi connectivity index (χ1) is 7.02. The van der Waals surface area contributed by atoms with Crippen molar-refractivity contribution in [1.29, 1.82) is 0 Å². The summed E-state index contributed by atoms with van der Waals surface area (Å²) in [5.74, 6) is -2.66. The van der Waals surface area contributed by atoms with E-state index < -0.39 is 17.5 Å². The van der Waals surface area contributed by atoms with E-state index in [0.29, 0.717) is 12.5 Å². The van der Waals surface area contributed by atoms with Crippen molar-refractivity contribution in [2.24, 2.45) is 5.92 Å². The van der Waals surface area contributed by atoms with E-state index in [9.17, 15) is 9.59 Å². The highest BCUT2D eigenvalue weighted by atomic mass is 16.5. The number of rotatable bonds is 7. The van der Waals surface area contributed by atoms with E-state index in [0.717, 1.165) is 19.1 Å². The van der Waals surface area contributed by atoms with Crippen LogP contribution in [-0.4, -0.2) is 28.8 Å². The number of aliphatic carboxylic acids is 2. The smallest absolute Gasteiger partial charge is 0.346 e. The summed E-state index contributed by atoms with van der Waals surface area (Å²) in [6, 6.07) is 0. The van der Waals surface area contributed by atoms with Crippen molar-refractivity contribution in [3.8, 4) is 0 Å². The van der Waals surface area contributed by atoms with Crippen molar-refractivity contribution in [2.45, 2.75) is 26.7 Å². The summed E-state index contributed by atoms with van der Waals surface area (Å²) in [6.07, 6.45) is 2.63. The minimum atomic E-state index is -1.49. The maximum Gasteiger partial charge on any atom is 0.346 e. The SMILES string of the molecule is CCC(CC)COC=C(C(=O)O)C(=O)O. The van der Waals surface area contributed by atoms with E-state index in [4.69, 9.17) is 14.9 Å². The summed E-state index contributed by atoms with van der Waals surface area (Å²) in [4.78, 5) is 20.9. The third-order valence-electron chi connectivity index (χ3n) is 2.15. The van der Waals surface area contributed by atoms with Crippen LogP contribution < -0.4 is 0 Å². The highest BCUT2D eigenvalue weighted by Crippen LogP contribution is 2.08. The molecular formula is C10H16O5. The largest absolute Gasteiger partial charge is 0.500 e. The molecule has 2 N–H and O–H groups in total. The van der Waals surface area contributed by atoms with Crippen molar-refractivity contribution < 1.29 is 24.5 Å². The summed E-state index contributed by atoms with van der Waals surface area (Å²) in [6.45, 7) is 4.34. The molecule has 0 aromatic heterocycles. The van der Waals surface area contributed by atoms with Crippen molar-refractivity contribution in [3.63, 3.8) is 0 Å². The number of ether oxygens (including phenoxy) is 1. The Hall–Kier alpha value is -1.52. The Kier molecular flexibility index (Phi) is 6.17. The first-order valence-electron chi connectivity index (χ1n) is 4.81. The van der Waals surface area contributed by atoms with Gasteiger partial charge in [0.15, 0.2) is 5.57 Å². The van der Waals surface area contributed by atoms with Gasteiger partial charge in [-0.1, -0.05) is 26.7 Å². The Morgan fingerprint density at radius 3 is 2.00 bits per heavy atom. The molecule has 0 radical (unpaired) electrons. The quantitative estimate of drug-likeness (QED) is 0.291. The van der Waals surface area contributed by atoms with E-state index in [1.54, 1.807) is 0 Å². The molecule has 0 heterocycles. The number of carboxylic acids is 2. The molecule has 0 unspecified atom stereocenters. The monoisotopic (exact) mass is 216 g/mol. The topological polar surface area (TPSA) is 83.8 Å². The fourth-order valence-corrected chi connectivity index (χ4v) is 0.984. The third kappa shape index (κ3) is 5.05. The van der Waals surface area contributed by atoms with Crippen LogP contribution in [0, 0.1) is 5.92 Å². The maximum atomic E-state index is 10.4. The lowest BCUT2D eigenvalue weighted by Crippen LogP contribution is -2.13. The first-order valence-corrected chi connectivity index (χ1v) is 4.81. The lowest BCUT2D eigenvalue weighted by atomic mass is 10.1. The van der Waals surface area contributed by atoms with E-state index >= 15 is 0 Å². The standard InChI is InChI=1S/C10H16O5/c1-3-7(4-2)5-15-6-8(9(11)12)10(13)14/h6-7H,3-5H2,1-2H3,(H,11,12)(H,13,14). The first kappa shape index (κ1) is 13.5. The molecule has 0 atom stereocenters. The van der Waals surface area contributed by atoms with E-state index in [1.165, 1.54) is 0 Å². The van der Waals surface area contributed by atoms with Gasteiger partial charge in [0.1, 0.15) is 6.26 Å². The summed E-state index contributed by atoms with van der Waals surface area (Å²) in [5, 5.41) is 17.0. The molecule has 0 aromatic rings. The molecule has 86 valence electrons. The van der Waals surface area contributed by atoms with Gasteiger partial charge in [-0.25, -0.2) is 9.59 Å². The molecule has 0 aromatic carbocycles. The maximum absolute atomic E-state index is 10.4. The Bertz CT molecular complexity index is 237. The second-order valence-electron chi connectivity index (χ2n) is 3.16. The Morgan fingerprint density at radius 1 is 1.20 bits per heavy atom. The van der Waals surface area contributed by atoms with E-state index in [2.05, 4.69) is 0 Å². The van der Waals surface area contributed by atoms with Crippen LogP contribution in [0.5, 0.6) is 0 Å². The molecule has 0 spiro atoms. The fourth-order valence-electron chi connectivity index (χ4n) is 0.984. The zero-order valence-corrected chi connectivity index (χ0v) is 8.90. The zero-order valence-electron chi connectivity index (χ0n) is 8.90. The van der Waals surface area contributed by atoms with Crippen LogP contribution in [0.2, 0.25) is 0 Å². The van der Waals surface area contributed by atoms with Crippen LogP contribution >= 0.6 is 0 Å². The predicted molar refractivity (Wildman–Crippen MR) is 53.4 cm³/mol. The normalized spacial score (nSPS) is 9.80. The summed E-state index contributed by atoms with van der Waals surface area (Å²) >= 11 is 0. The van der Waals surface area contributed by atoms with Crippen molar-refractivity contribution in [2.75, 3.05) is 6.61 Å². The predicted octanol–water partition coefficient (Wildman–Crippen LogP) is 1.49. The van der Waals surface area contributed by atoms with Gasteiger partial charge >= 0.3 is 11.9 Å². The number of carboxylic acid groups (broad SMARTS) is 2. The Balaban J connectivity index is 4.23. The average Bonchev–Trinajstić information content (AvgIpc) is 2.17. The molecule has 0 rings (SSSR count). The molecule has 5 nitrogen and oxygen atoms in total. The van der Waals surface area contributed by atoms with Gasteiger partial charge in [-0.3, -0.25) is 0 Å². The van der Waals surface area contributed by atoms with Gasteiger partial charge in [0, 0.05) is 0 Å². The fraction of sp³-hybridized carbons (Fsp3) is 0.600.